The van der Waals surface area contributed by atoms with Crippen LogP contribution in [0.3, 0.4) is 0 Å². The molecule has 2 aromatic heterocycles. The van der Waals surface area contributed by atoms with Crippen LogP contribution in [0.25, 0.3) is 0 Å². The standard InChI is InChI=1S/C20H29N5O3/c1-3-27-18-7-6-16(28-18)20(26)25-12-8-15(9-13-25)19-22-21-17(23(19)2)14-24-10-4-5-11-24/h6-7,15H,3-5,8-14H2,1-2H3. The lowest BCUT2D eigenvalue weighted by molar-refractivity contribution is 0.0670. The number of amides is 1. The Morgan fingerprint density at radius 1 is 1.18 bits per heavy atom. The number of likely N-dealkylation sites (tertiary alicyclic amines) is 2. The van der Waals surface area contributed by atoms with Gasteiger partial charge in [-0.1, -0.05) is 0 Å². The fourth-order valence-electron chi connectivity index (χ4n) is 4.16. The minimum absolute atomic E-state index is 0.0721. The first-order valence-corrected chi connectivity index (χ1v) is 10.3. The summed E-state index contributed by atoms with van der Waals surface area (Å²) in [6, 6.07) is 3.39. The van der Waals surface area contributed by atoms with Gasteiger partial charge in [0.25, 0.3) is 11.9 Å². The van der Waals surface area contributed by atoms with Gasteiger partial charge in [-0.15, -0.1) is 10.2 Å². The van der Waals surface area contributed by atoms with Gasteiger partial charge < -0.3 is 18.6 Å². The second-order valence-corrected chi connectivity index (χ2v) is 7.63. The number of piperidine rings is 1. The zero-order valence-corrected chi connectivity index (χ0v) is 16.8. The number of hydrogen-bond donors (Lipinski definition) is 0. The number of ether oxygens (including phenoxy) is 1. The Bertz CT molecular complexity index is 801. The van der Waals surface area contributed by atoms with Crippen molar-refractivity contribution in [1.29, 1.82) is 0 Å². The Balaban J connectivity index is 1.34. The minimum atomic E-state index is -0.0721. The molecule has 2 aliphatic heterocycles. The topological polar surface area (TPSA) is 76.6 Å². The zero-order valence-electron chi connectivity index (χ0n) is 16.8. The van der Waals surface area contributed by atoms with E-state index in [9.17, 15) is 4.79 Å². The first-order valence-electron chi connectivity index (χ1n) is 10.3. The van der Waals surface area contributed by atoms with Gasteiger partial charge in [0.05, 0.1) is 13.2 Å². The quantitative estimate of drug-likeness (QED) is 0.758. The predicted octanol–water partition coefficient (Wildman–Crippen LogP) is 2.42. The van der Waals surface area contributed by atoms with Gasteiger partial charge >= 0.3 is 0 Å². The molecule has 0 atom stereocenters. The Kier molecular flexibility index (Phi) is 5.66. The van der Waals surface area contributed by atoms with Crippen molar-refractivity contribution in [1.82, 2.24) is 24.6 Å². The van der Waals surface area contributed by atoms with Gasteiger partial charge in [0.15, 0.2) is 5.76 Å². The van der Waals surface area contributed by atoms with E-state index in [-0.39, 0.29) is 5.91 Å². The normalized spacial score (nSPS) is 18.7. The third kappa shape index (κ3) is 3.92. The molecule has 1 amide bonds. The third-order valence-corrected chi connectivity index (χ3v) is 5.79. The van der Waals surface area contributed by atoms with Gasteiger partial charge in [-0.3, -0.25) is 9.69 Å². The van der Waals surface area contributed by atoms with Crippen LogP contribution in [-0.2, 0) is 13.6 Å². The smallest absolute Gasteiger partial charge is 0.289 e. The fourth-order valence-corrected chi connectivity index (χ4v) is 4.16. The number of hydrogen-bond acceptors (Lipinski definition) is 6. The molecular formula is C20H29N5O3. The van der Waals surface area contributed by atoms with Crippen LogP contribution in [0, 0.1) is 0 Å². The van der Waals surface area contributed by atoms with E-state index >= 15 is 0 Å². The summed E-state index contributed by atoms with van der Waals surface area (Å²) in [5.41, 5.74) is 0. The molecule has 2 aliphatic rings. The van der Waals surface area contributed by atoms with E-state index in [2.05, 4.69) is 26.7 Å². The molecule has 8 nitrogen and oxygen atoms in total. The molecule has 0 bridgehead atoms. The van der Waals surface area contributed by atoms with Crippen molar-refractivity contribution in [3.8, 4) is 5.95 Å². The molecule has 4 rings (SSSR count). The summed E-state index contributed by atoms with van der Waals surface area (Å²) in [4.78, 5) is 17.0. The molecule has 8 heteroatoms. The SMILES string of the molecule is CCOc1ccc(C(=O)N2CCC(c3nnc(CN4CCCC4)n3C)CC2)o1. The van der Waals surface area contributed by atoms with Crippen LogP contribution in [0.1, 0.15) is 60.7 Å². The highest BCUT2D eigenvalue weighted by molar-refractivity contribution is 5.91. The van der Waals surface area contributed by atoms with Crippen LogP contribution in [-0.4, -0.2) is 63.3 Å². The van der Waals surface area contributed by atoms with Gasteiger partial charge in [0, 0.05) is 32.1 Å². The molecule has 0 radical (unpaired) electrons. The predicted molar refractivity (Wildman–Crippen MR) is 103 cm³/mol. The van der Waals surface area contributed by atoms with Gasteiger partial charge in [-0.25, -0.2) is 0 Å². The molecule has 152 valence electrons. The molecule has 0 aliphatic carbocycles. The maximum Gasteiger partial charge on any atom is 0.289 e. The second kappa shape index (κ2) is 8.34. The van der Waals surface area contributed by atoms with Crippen LogP contribution >= 0.6 is 0 Å². The Morgan fingerprint density at radius 3 is 2.64 bits per heavy atom. The number of nitrogens with zero attached hydrogens (tertiary/aromatic N) is 5. The van der Waals surface area contributed by atoms with Gasteiger partial charge in [-0.2, -0.15) is 0 Å². The highest BCUT2D eigenvalue weighted by atomic mass is 16.6. The maximum atomic E-state index is 12.7. The van der Waals surface area contributed by atoms with Crippen molar-refractivity contribution in [3.05, 3.63) is 29.5 Å². The number of rotatable bonds is 6. The van der Waals surface area contributed by atoms with E-state index in [1.807, 2.05) is 11.8 Å². The molecule has 0 saturated carbocycles. The van der Waals surface area contributed by atoms with E-state index in [1.165, 1.54) is 12.8 Å². The number of carbonyl (C=O) groups is 1. The fraction of sp³-hybridized carbons (Fsp3) is 0.650. The average molecular weight is 387 g/mol. The monoisotopic (exact) mass is 387 g/mol. The number of aromatic nitrogens is 3. The zero-order chi connectivity index (χ0) is 19.5. The van der Waals surface area contributed by atoms with Crippen LogP contribution in [0.15, 0.2) is 16.5 Å². The third-order valence-electron chi connectivity index (χ3n) is 5.79. The molecule has 2 fully saturated rings. The summed E-state index contributed by atoms with van der Waals surface area (Å²) in [6.45, 7) is 6.98. The molecule has 0 N–H and O–H groups in total. The van der Waals surface area contributed by atoms with Crippen molar-refractivity contribution in [3.63, 3.8) is 0 Å². The summed E-state index contributed by atoms with van der Waals surface area (Å²) in [5.74, 6) is 3.08. The Hall–Kier alpha value is -2.35. The molecular weight excluding hydrogens is 358 g/mol. The first-order chi connectivity index (χ1) is 13.7. The molecule has 0 aromatic carbocycles. The first kappa shape index (κ1) is 19.0. The average Bonchev–Trinajstić information content (AvgIpc) is 3.45. The molecule has 28 heavy (non-hydrogen) atoms. The van der Waals surface area contributed by atoms with E-state index in [0.717, 1.165) is 44.1 Å². The van der Waals surface area contributed by atoms with Crippen molar-refractivity contribution < 1.29 is 13.9 Å². The van der Waals surface area contributed by atoms with Crippen LogP contribution in [0.4, 0.5) is 0 Å². The van der Waals surface area contributed by atoms with Gasteiger partial charge in [0.2, 0.25) is 0 Å². The second-order valence-electron chi connectivity index (χ2n) is 7.63. The highest BCUT2D eigenvalue weighted by Gasteiger charge is 2.29. The van der Waals surface area contributed by atoms with E-state index in [1.54, 1.807) is 12.1 Å². The van der Waals surface area contributed by atoms with Crippen LogP contribution in [0.2, 0.25) is 0 Å². The Morgan fingerprint density at radius 2 is 1.93 bits per heavy atom. The summed E-state index contributed by atoms with van der Waals surface area (Å²) in [7, 11) is 2.07. The number of carbonyl (C=O) groups excluding carboxylic acids is 1. The molecule has 0 spiro atoms. The summed E-state index contributed by atoms with van der Waals surface area (Å²) in [5, 5.41) is 8.92. The summed E-state index contributed by atoms with van der Waals surface area (Å²) in [6.07, 6.45) is 4.33. The lowest BCUT2D eigenvalue weighted by Gasteiger charge is -2.31. The number of furan rings is 1. The molecule has 4 heterocycles. The van der Waals surface area contributed by atoms with Crippen molar-refractivity contribution >= 4 is 5.91 Å². The maximum absolute atomic E-state index is 12.7. The van der Waals surface area contributed by atoms with Crippen molar-refractivity contribution in [2.75, 3.05) is 32.8 Å². The van der Waals surface area contributed by atoms with Gasteiger partial charge in [0.1, 0.15) is 11.6 Å². The lowest BCUT2D eigenvalue weighted by atomic mass is 9.95. The van der Waals surface area contributed by atoms with E-state index in [4.69, 9.17) is 9.15 Å². The minimum Gasteiger partial charge on any atom is -0.465 e. The summed E-state index contributed by atoms with van der Waals surface area (Å²) >= 11 is 0. The largest absolute Gasteiger partial charge is 0.465 e. The molecule has 0 unspecified atom stereocenters. The van der Waals surface area contributed by atoms with Crippen molar-refractivity contribution in [2.45, 2.75) is 45.1 Å². The van der Waals surface area contributed by atoms with Crippen LogP contribution in [0.5, 0.6) is 5.95 Å². The highest BCUT2D eigenvalue weighted by Crippen LogP contribution is 2.28. The van der Waals surface area contributed by atoms with E-state index in [0.29, 0.717) is 37.3 Å². The van der Waals surface area contributed by atoms with E-state index < -0.39 is 0 Å². The summed E-state index contributed by atoms with van der Waals surface area (Å²) < 4.78 is 12.9. The lowest BCUT2D eigenvalue weighted by Crippen LogP contribution is -2.38. The molecule has 2 saturated heterocycles. The van der Waals surface area contributed by atoms with Gasteiger partial charge in [-0.05, 0) is 51.8 Å². The van der Waals surface area contributed by atoms with Crippen LogP contribution < -0.4 is 4.74 Å². The van der Waals surface area contributed by atoms with Crippen molar-refractivity contribution in [2.24, 2.45) is 7.05 Å². The Labute approximate surface area is 165 Å². The molecule has 2 aromatic rings.